The van der Waals surface area contributed by atoms with E-state index >= 15 is 4.39 Å². The molecule has 1 N–H and O–H groups in total. The van der Waals surface area contributed by atoms with Crippen molar-refractivity contribution >= 4 is 5.91 Å². The molecule has 4 rings (SSSR count). The van der Waals surface area contributed by atoms with Crippen LogP contribution in [0.3, 0.4) is 0 Å². The lowest BCUT2D eigenvalue weighted by Crippen LogP contribution is -2.37. The van der Waals surface area contributed by atoms with Crippen molar-refractivity contribution in [2.24, 2.45) is 0 Å². The third-order valence-electron chi connectivity index (χ3n) is 5.17. The van der Waals surface area contributed by atoms with Crippen LogP contribution in [0.2, 0.25) is 0 Å². The first-order valence-electron chi connectivity index (χ1n) is 8.56. The molecule has 2 aliphatic rings. The molecule has 5 nitrogen and oxygen atoms in total. The smallest absolute Gasteiger partial charge is 0.257 e. The van der Waals surface area contributed by atoms with Crippen LogP contribution < -0.4 is 0 Å². The monoisotopic (exact) mass is 341 g/mol. The highest BCUT2D eigenvalue weighted by molar-refractivity contribution is 5.95. The van der Waals surface area contributed by atoms with Crippen LogP contribution in [0.5, 0.6) is 0 Å². The number of nitrogens with zero attached hydrogens (tertiary/aromatic N) is 3. The number of alkyl halides is 1. The maximum Gasteiger partial charge on any atom is 0.257 e. The summed E-state index contributed by atoms with van der Waals surface area (Å²) in [6, 6.07) is 9.22. The Morgan fingerprint density at radius 2 is 2.08 bits per heavy atom. The first-order valence-corrected chi connectivity index (χ1v) is 8.56. The molecular weight excluding hydrogens is 321 g/mol. The predicted octanol–water partition coefficient (Wildman–Crippen LogP) is 2.29. The van der Waals surface area contributed by atoms with Gasteiger partial charge in [0, 0.05) is 24.6 Å². The van der Waals surface area contributed by atoms with E-state index in [4.69, 9.17) is 0 Å². The van der Waals surface area contributed by atoms with Crippen molar-refractivity contribution in [2.75, 3.05) is 19.7 Å². The molecule has 25 heavy (non-hydrogen) atoms. The Morgan fingerprint density at radius 3 is 2.76 bits per heavy atom. The Kier molecular flexibility index (Phi) is 4.00. The van der Waals surface area contributed by atoms with Gasteiger partial charge in [-0.25, -0.2) is 14.4 Å². The molecule has 1 aliphatic heterocycles. The highest BCUT2D eigenvalue weighted by atomic mass is 19.1. The van der Waals surface area contributed by atoms with Gasteiger partial charge in [0.25, 0.3) is 5.91 Å². The van der Waals surface area contributed by atoms with Crippen molar-refractivity contribution in [3.8, 4) is 0 Å². The molecule has 1 aromatic carbocycles. The number of hydrogen-bond acceptors (Lipinski definition) is 4. The lowest BCUT2D eigenvalue weighted by Gasteiger charge is -2.23. The molecule has 2 heterocycles. The van der Waals surface area contributed by atoms with Gasteiger partial charge >= 0.3 is 0 Å². The summed E-state index contributed by atoms with van der Waals surface area (Å²) in [4.78, 5) is 22.7. The third-order valence-corrected chi connectivity index (χ3v) is 5.17. The molecule has 1 saturated heterocycles. The minimum atomic E-state index is -1.84. The van der Waals surface area contributed by atoms with Gasteiger partial charge in [-0.1, -0.05) is 30.3 Å². The van der Waals surface area contributed by atoms with Crippen LogP contribution in [0.15, 0.2) is 42.9 Å². The van der Waals surface area contributed by atoms with Crippen molar-refractivity contribution in [1.82, 2.24) is 14.9 Å². The molecule has 130 valence electrons. The van der Waals surface area contributed by atoms with Gasteiger partial charge in [-0.3, -0.25) is 4.79 Å². The third kappa shape index (κ3) is 2.91. The maximum absolute atomic E-state index is 15.3. The van der Waals surface area contributed by atoms with E-state index in [-0.39, 0.29) is 19.0 Å². The standard InChI is InChI=1S/C19H20FN3O2/c20-19(11-24)10-23(9-16(19)13-4-2-1-3-5-13)18(25)15-8-21-12-22-17(15)14-6-7-14/h1-5,8,12,14,16,24H,6-7,9-11H2/t16-,19-/m0/s1. The van der Waals surface area contributed by atoms with E-state index in [1.165, 1.54) is 17.4 Å². The molecule has 0 unspecified atom stereocenters. The molecule has 1 aromatic heterocycles. The van der Waals surface area contributed by atoms with Gasteiger partial charge in [-0.05, 0) is 18.4 Å². The summed E-state index contributed by atoms with van der Waals surface area (Å²) in [5, 5.41) is 9.64. The number of carbonyl (C=O) groups is 1. The van der Waals surface area contributed by atoms with Crippen LogP contribution in [0.25, 0.3) is 0 Å². The number of rotatable bonds is 4. The van der Waals surface area contributed by atoms with E-state index in [9.17, 15) is 9.90 Å². The molecule has 2 atom stereocenters. The van der Waals surface area contributed by atoms with Gasteiger partial charge in [-0.15, -0.1) is 0 Å². The van der Waals surface area contributed by atoms with Crippen LogP contribution in [-0.2, 0) is 0 Å². The summed E-state index contributed by atoms with van der Waals surface area (Å²) in [6.07, 6.45) is 5.02. The van der Waals surface area contributed by atoms with Gasteiger partial charge < -0.3 is 10.0 Å². The SMILES string of the molecule is O=C(c1cncnc1C1CC1)N1C[C@@H](c2ccccc2)[C@@](F)(CO)C1. The number of benzene rings is 1. The first-order chi connectivity index (χ1) is 12.1. The highest BCUT2D eigenvalue weighted by Gasteiger charge is 2.49. The van der Waals surface area contributed by atoms with E-state index < -0.39 is 18.2 Å². The van der Waals surface area contributed by atoms with Crippen LogP contribution in [0.1, 0.15) is 46.3 Å². The summed E-state index contributed by atoms with van der Waals surface area (Å²) in [5.41, 5.74) is 0.170. The second-order valence-electron chi connectivity index (χ2n) is 6.94. The van der Waals surface area contributed by atoms with Crippen molar-refractivity contribution in [3.05, 3.63) is 59.7 Å². The van der Waals surface area contributed by atoms with Gasteiger partial charge in [0.15, 0.2) is 5.67 Å². The van der Waals surface area contributed by atoms with Crippen LogP contribution in [0.4, 0.5) is 4.39 Å². The number of aromatic nitrogens is 2. The number of aliphatic hydroxyl groups excluding tert-OH is 1. The molecule has 1 aliphatic carbocycles. The number of amides is 1. The summed E-state index contributed by atoms with van der Waals surface area (Å²) >= 11 is 0. The zero-order valence-electron chi connectivity index (χ0n) is 13.8. The van der Waals surface area contributed by atoms with E-state index in [1.54, 1.807) is 0 Å². The zero-order chi connectivity index (χ0) is 17.4. The number of likely N-dealkylation sites (tertiary alicyclic amines) is 1. The van der Waals surface area contributed by atoms with Crippen molar-refractivity contribution < 1.29 is 14.3 Å². The quantitative estimate of drug-likeness (QED) is 0.927. The van der Waals surface area contributed by atoms with Crippen molar-refractivity contribution in [3.63, 3.8) is 0 Å². The molecule has 1 amide bonds. The van der Waals surface area contributed by atoms with Crippen molar-refractivity contribution in [1.29, 1.82) is 0 Å². The second kappa shape index (κ2) is 6.19. The van der Waals surface area contributed by atoms with Crippen LogP contribution >= 0.6 is 0 Å². The predicted molar refractivity (Wildman–Crippen MR) is 90.0 cm³/mol. The lowest BCUT2D eigenvalue weighted by molar-refractivity contribution is 0.0575. The van der Waals surface area contributed by atoms with Gasteiger partial charge in [0.2, 0.25) is 0 Å². The largest absolute Gasteiger partial charge is 0.393 e. The molecular formula is C19H20FN3O2. The average molecular weight is 341 g/mol. The Bertz CT molecular complexity index is 781. The average Bonchev–Trinajstić information content (AvgIpc) is 3.44. The number of carbonyl (C=O) groups excluding carboxylic acids is 1. The van der Waals surface area contributed by atoms with Crippen LogP contribution in [-0.4, -0.2) is 51.2 Å². The number of aliphatic hydroxyl groups is 1. The fraction of sp³-hybridized carbons (Fsp3) is 0.421. The first kappa shape index (κ1) is 16.1. The second-order valence-corrected chi connectivity index (χ2v) is 6.94. The fourth-order valence-electron chi connectivity index (χ4n) is 3.64. The summed E-state index contributed by atoms with van der Waals surface area (Å²) < 4.78 is 15.3. The molecule has 6 heteroatoms. The summed E-state index contributed by atoms with van der Waals surface area (Å²) in [6.45, 7) is -0.503. The summed E-state index contributed by atoms with van der Waals surface area (Å²) in [7, 11) is 0. The van der Waals surface area contributed by atoms with Gasteiger partial charge in [0.05, 0.1) is 24.4 Å². The molecule has 0 bridgehead atoms. The molecule has 1 saturated carbocycles. The Labute approximate surface area is 145 Å². The summed E-state index contributed by atoms with van der Waals surface area (Å²) in [5.74, 6) is -0.490. The fourth-order valence-corrected chi connectivity index (χ4v) is 3.64. The Balaban J connectivity index is 1.63. The zero-order valence-corrected chi connectivity index (χ0v) is 13.8. The topological polar surface area (TPSA) is 66.3 Å². The van der Waals surface area contributed by atoms with Gasteiger partial charge in [-0.2, -0.15) is 0 Å². The van der Waals surface area contributed by atoms with Crippen LogP contribution in [0, 0.1) is 0 Å². The number of hydrogen-bond donors (Lipinski definition) is 1. The van der Waals surface area contributed by atoms with E-state index in [2.05, 4.69) is 9.97 Å². The normalized spacial score (nSPS) is 26.0. The number of halogens is 1. The molecule has 2 aromatic rings. The van der Waals surface area contributed by atoms with Crippen molar-refractivity contribution in [2.45, 2.75) is 30.3 Å². The van der Waals surface area contributed by atoms with E-state index in [1.807, 2.05) is 30.3 Å². The molecule has 0 spiro atoms. The maximum atomic E-state index is 15.3. The highest BCUT2D eigenvalue weighted by Crippen LogP contribution is 2.42. The lowest BCUT2D eigenvalue weighted by atomic mass is 9.87. The van der Waals surface area contributed by atoms with Gasteiger partial charge in [0.1, 0.15) is 6.33 Å². The Morgan fingerprint density at radius 1 is 1.32 bits per heavy atom. The van der Waals surface area contributed by atoms with E-state index in [0.717, 1.165) is 24.1 Å². The molecule has 0 radical (unpaired) electrons. The molecule has 2 fully saturated rings. The Hall–Kier alpha value is -2.34. The minimum Gasteiger partial charge on any atom is -0.393 e. The minimum absolute atomic E-state index is 0.124. The van der Waals surface area contributed by atoms with E-state index in [0.29, 0.717) is 11.5 Å².